The van der Waals surface area contributed by atoms with Crippen LogP contribution >= 0.6 is 0 Å². The molecule has 3 rings (SSSR count). The van der Waals surface area contributed by atoms with Crippen molar-refractivity contribution >= 4 is 11.8 Å². The molecule has 0 bridgehead atoms. The molecule has 2 aliphatic rings. The highest BCUT2D eigenvalue weighted by atomic mass is 16.7. The lowest BCUT2D eigenvalue weighted by Crippen LogP contribution is -2.53. The highest BCUT2D eigenvalue weighted by Gasteiger charge is 2.39. The number of carbonyl (C=O) groups is 2. The number of nitrogens with one attached hydrogen (secondary N) is 1. The molecule has 2 amide bonds. The topological polar surface area (TPSA) is 72.8 Å². The molecule has 1 aliphatic heterocycles. The minimum absolute atomic E-state index is 0.105. The maximum Gasteiger partial charge on any atom is 0.249 e. The average Bonchev–Trinajstić information content (AvgIpc) is 3.07. The van der Waals surface area contributed by atoms with Crippen LogP contribution < -0.4 is 5.32 Å². The number of aromatic nitrogens is 1. The average molecular weight is 349 g/mol. The summed E-state index contributed by atoms with van der Waals surface area (Å²) in [4.78, 5) is 27.3. The van der Waals surface area contributed by atoms with Crippen molar-refractivity contribution in [1.82, 2.24) is 14.8 Å². The SMILES string of the molecule is COC(CN1C(=O)Cn2cccc2C1C(=O)NC1CCCCC1)OC. The van der Waals surface area contributed by atoms with E-state index in [2.05, 4.69) is 5.32 Å². The first-order valence-electron chi connectivity index (χ1n) is 8.94. The van der Waals surface area contributed by atoms with Gasteiger partial charge in [-0.05, 0) is 25.0 Å². The van der Waals surface area contributed by atoms with Gasteiger partial charge in [-0.2, -0.15) is 0 Å². The highest BCUT2D eigenvalue weighted by Crippen LogP contribution is 2.28. The summed E-state index contributed by atoms with van der Waals surface area (Å²) >= 11 is 0. The molecule has 1 aromatic heterocycles. The maximum atomic E-state index is 13.0. The van der Waals surface area contributed by atoms with Crippen LogP contribution in [0.1, 0.15) is 43.8 Å². The molecule has 1 atom stereocenters. The quantitative estimate of drug-likeness (QED) is 0.789. The standard InChI is InChI=1S/C18H27N3O4/c1-24-16(25-2)12-21-15(22)11-20-10-6-9-14(20)17(21)18(23)19-13-7-4-3-5-8-13/h6,9-10,13,16-17H,3-5,7-8,11-12H2,1-2H3,(H,19,23). The second-order valence-electron chi connectivity index (χ2n) is 6.75. The predicted molar refractivity (Wildman–Crippen MR) is 91.7 cm³/mol. The number of nitrogens with zero attached hydrogens (tertiary/aromatic N) is 2. The van der Waals surface area contributed by atoms with Crippen LogP contribution in [0.3, 0.4) is 0 Å². The van der Waals surface area contributed by atoms with Gasteiger partial charge >= 0.3 is 0 Å². The highest BCUT2D eigenvalue weighted by molar-refractivity contribution is 5.90. The molecule has 0 saturated heterocycles. The number of methoxy groups -OCH3 is 2. The van der Waals surface area contributed by atoms with Crippen LogP contribution in [0.15, 0.2) is 18.3 Å². The summed E-state index contributed by atoms with van der Waals surface area (Å²) in [5.41, 5.74) is 0.832. The van der Waals surface area contributed by atoms with E-state index in [0.717, 1.165) is 31.4 Å². The van der Waals surface area contributed by atoms with E-state index >= 15 is 0 Å². The first-order valence-corrected chi connectivity index (χ1v) is 8.94. The van der Waals surface area contributed by atoms with Gasteiger partial charge in [0, 0.05) is 26.5 Å². The van der Waals surface area contributed by atoms with Crippen LogP contribution in [0.2, 0.25) is 0 Å². The van der Waals surface area contributed by atoms with Crippen molar-refractivity contribution in [1.29, 1.82) is 0 Å². The van der Waals surface area contributed by atoms with Crippen molar-refractivity contribution in [2.75, 3.05) is 20.8 Å². The zero-order chi connectivity index (χ0) is 17.8. The fraction of sp³-hybridized carbons (Fsp3) is 0.667. The Morgan fingerprint density at radius 3 is 2.68 bits per heavy atom. The molecule has 0 spiro atoms. The Bertz CT molecular complexity index is 605. The van der Waals surface area contributed by atoms with E-state index in [1.54, 1.807) is 4.90 Å². The zero-order valence-corrected chi connectivity index (χ0v) is 14.9. The summed E-state index contributed by atoms with van der Waals surface area (Å²) in [7, 11) is 3.06. The van der Waals surface area contributed by atoms with Gasteiger partial charge < -0.3 is 24.3 Å². The number of carbonyl (C=O) groups excluding carboxylic acids is 2. The van der Waals surface area contributed by atoms with Crippen molar-refractivity contribution in [2.45, 2.75) is 57.0 Å². The first kappa shape index (κ1) is 17.9. The van der Waals surface area contributed by atoms with E-state index < -0.39 is 12.3 Å². The third-order valence-electron chi connectivity index (χ3n) is 5.15. The van der Waals surface area contributed by atoms with Crippen LogP contribution in [0.5, 0.6) is 0 Å². The summed E-state index contributed by atoms with van der Waals surface area (Å²) in [6, 6.07) is 3.33. The molecule has 7 heteroatoms. The van der Waals surface area contributed by atoms with Crippen LogP contribution in [-0.4, -0.2) is 54.4 Å². The Kier molecular flexibility index (Phi) is 5.75. The minimum Gasteiger partial charge on any atom is -0.354 e. The molecule has 25 heavy (non-hydrogen) atoms. The number of hydrogen-bond acceptors (Lipinski definition) is 4. The second-order valence-corrected chi connectivity index (χ2v) is 6.75. The minimum atomic E-state index is -0.647. The molecule has 0 radical (unpaired) electrons. The van der Waals surface area contributed by atoms with Crippen molar-refractivity contribution in [3.8, 4) is 0 Å². The third-order valence-corrected chi connectivity index (χ3v) is 5.15. The molecule has 1 unspecified atom stereocenters. The first-order chi connectivity index (χ1) is 12.1. The van der Waals surface area contributed by atoms with Crippen molar-refractivity contribution < 1.29 is 19.1 Å². The molecule has 1 saturated carbocycles. The monoisotopic (exact) mass is 349 g/mol. The van der Waals surface area contributed by atoms with Gasteiger partial charge in [0.25, 0.3) is 0 Å². The van der Waals surface area contributed by atoms with Crippen molar-refractivity contribution in [3.05, 3.63) is 24.0 Å². The van der Waals surface area contributed by atoms with Gasteiger partial charge in [0.2, 0.25) is 11.8 Å². The fourth-order valence-corrected chi connectivity index (χ4v) is 3.78. The Labute approximate surface area is 148 Å². The summed E-state index contributed by atoms with van der Waals surface area (Å²) in [6.45, 7) is 0.454. The van der Waals surface area contributed by atoms with Crippen LogP contribution in [0.4, 0.5) is 0 Å². The summed E-state index contributed by atoms with van der Waals surface area (Å²) in [6.07, 6.45) is 6.81. The lowest BCUT2D eigenvalue weighted by atomic mass is 9.95. The van der Waals surface area contributed by atoms with Crippen molar-refractivity contribution in [3.63, 3.8) is 0 Å². The van der Waals surface area contributed by atoms with Gasteiger partial charge in [-0.3, -0.25) is 9.59 Å². The smallest absolute Gasteiger partial charge is 0.249 e. The summed E-state index contributed by atoms with van der Waals surface area (Å²) in [5, 5.41) is 3.15. The number of ether oxygens (including phenoxy) is 2. The molecule has 1 fully saturated rings. The summed E-state index contributed by atoms with van der Waals surface area (Å²) < 4.78 is 12.3. The van der Waals surface area contributed by atoms with Crippen LogP contribution in [-0.2, 0) is 25.6 Å². The molecule has 1 N–H and O–H groups in total. The Hall–Kier alpha value is -1.86. The normalized spacial score (nSPS) is 21.5. The van der Waals surface area contributed by atoms with Gasteiger partial charge in [0.15, 0.2) is 12.3 Å². The van der Waals surface area contributed by atoms with Gasteiger partial charge in [0.1, 0.15) is 6.54 Å². The molecule has 1 aliphatic carbocycles. The van der Waals surface area contributed by atoms with Gasteiger partial charge in [-0.1, -0.05) is 19.3 Å². The Morgan fingerprint density at radius 1 is 1.28 bits per heavy atom. The van der Waals surface area contributed by atoms with Crippen molar-refractivity contribution in [2.24, 2.45) is 0 Å². The van der Waals surface area contributed by atoms with Crippen LogP contribution in [0.25, 0.3) is 0 Å². The largest absolute Gasteiger partial charge is 0.354 e. The summed E-state index contributed by atoms with van der Waals surface area (Å²) in [5.74, 6) is -0.225. The van der Waals surface area contributed by atoms with E-state index in [0.29, 0.717) is 0 Å². The van der Waals surface area contributed by atoms with E-state index in [4.69, 9.17) is 9.47 Å². The third kappa shape index (κ3) is 3.88. The maximum absolute atomic E-state index is 13.0. The molecule has 0 aromatic carbocycles. The number of hydrogen-bond donors (Lipinski definition) is 1. The van der Waals surface area contributed by atoms with Gasteiger partial charge in [-0.15, -0.1) is 0 Å². The van der Waals surface area contributed by atoms with Gasteiger partial charge in [-0.25, -0.2) is 0 Å². The molecular formula is C18H27N3O4. The van der Waals surface area contributed by atoms with Gasteiger partial charge in [0.05, 0.1) is 12.2 Å². The lowest BCUT2D eigenvalue weighted by Gasteiger charge is -2.38. The molecule has 2 heterocycles. The number of amides is 2. The Balaban J connectivity index is 1.82. The molecule has 7 nitrogen and oxygen atoms in total. The van der Waals surface area contributed by atoms with E-state index in [9.17, 15) is 9.59 Å². The van der Waals surface area contributed by atoms with E-state index in [-0.39, 0.29) is 30.9 Å². The molecular weight excluding hydrogens is 322 g/mol. The molecule has 138 valence electrons. The lowest BCUT2D eigenvalue weighted by molar-refractivity contribution is -0.157. The predicted octanol–water partition coefficient (Wildman–Crippen LogP) is 1.44. The zero-order valence-electron chi connectivity index (χ0n) is 14.9. The number of rotatable bonds is 6. The fourth-order valence-electron chi connectivity index (χ4n) is 3.78. The second kappa shape index (κ2) is 8.01. The van der Waals surface area contributed by atoms with E-state index in [1.807, 2.05) is 22.9 Å². The van der Waals surface area contributed by atoms with E-state index in [1.165, 1.54) is 20.6 Å². The van der Waals surface area contributed by atoms with Crippen LogP contribution in [0, 0.1) is 0 Å². The Morgan fingerprint density at radius 2 is 2.00 bits per heavy atom. The number of fused-ring (bicyclic) bond motifs is 1. The molecule has 1 aromatic rings.